The van der Waals surface area contributed by atoms with E-state index >= 15 is 0 Å². The molecule has 0 aliphatic carbocycles. The van der Waals surface area contributed by atoms with Gasteiger partial charge in [0.2, 0.25) is 0 Å². The standard InChI is InChI=1S/C7H13N.H3N/c1-6(2)4-7(3)5-8;/h6-7H,4H2,1-3H3;1H3. The van der Waals surface area contributed by atoms with Gasteiger partial charge in [-0.2, -0.15) is 5.26 Å². The van der Waals surface area contributed by atoms with Crippen LogP contribution >= 0.6 is 0 Å². The average molecular weight is 128 g/mol. The van der Waals surface area contributed by atoms with Gasteiger partial charge in [-0.05, 0) is 19.3 Å². The van der Waals surface area contributed by atoms with Gasteiger partial charge in [0.15, 0.2) is 0 Å². The van der Waals surface area contributed by atoms with Gasteiger partial charge < -0.3 is 6.15 Å². The smallest absolute Gasteiger partial charge is 0.0652 e. The summed E-state index contributed by atoms with van der Waals surface area (Å²) in [6.07, 6.45) is 1.02. The fourth-order valence-electron chi connectivity index (χ4n) is 0.760. The van der Waals surface area contributed by atoms with Gasteiger partial charge in [-0.1, -0.05) is 13.8 Å². The van der Waals surface area contributed by atoms with Crippen molar-refractivity contribution >= 4 is 0 Å². The second-order valence-corrected chi connectivity index (χ2v) is 2.66. The highest BCUT2D eigenvalue weighted by Crippen LogP contribution is 2.08. The van der Waals surface area contributed by atoms with Crippen LogP contribution in [0.1, 0.15) is 27.2 Å². The highest BCUT2D eigenvalue weighted by Gasteiger charge is 2.00. The van der Waals surface area contributed by atoms with Crippen LogP contribution < -0.4 is 6.15 Å². The fourth-order valence-corrected chi connectivity index (χ4v) is 0.760. The van der Waals surface area contributed by atoms with Gasteiger partial charge in [-0.15, -0.1) is 0 Å². The van der Waals surface area contributed by atoms with E-state index in [-0.39, 0.29) is 12.1 Å². The van der Waals surface area contributed by atoms with Crippen molar-refractivity contribution in [2.75, 3.05) is 0 Å². The van der Waals surface area contributed by atoms with Crippen molar-refractivity contribution in [1.29, 1.82) is 5.26 Å². The van der Waals surface area contributed by atoms with Crippen molar-refractivity contribution in [2.45, 2.75) is 27.2 Å². The minimum atomic E-state index is 0. The molecule has 0 aliphatic rings. The zero-order chi connectivity index (χ0) is 6.57. The molecule has 3 N–H and O–H groups in total. The van der Waals surface area contributed by atoms with Crippen LogP contribution in [0.3, 0.4) is 0 Å². The first kappa shape index (κ1) is 11.3. The molecule has 0 saturated carbocycles. The molecule has 2 nitrogen and oxygen atoms in total. The summed E-state index contributed by atoms with van der Waals surface area (Å²) in [7, 11) is 0. The van der Waals surface area contributed by atoms with Gasteiger partial charge in [0.1, 0.15) is 0 Å². The van der Waals surface area contributed by atoms with E-state index in [2.05, 4.69) is 19.9 Å². The Morgan fingerprint density at radius 3 is 1.89 bits per heavy atom. The molecule has 0 heterocycles. The normalized spacial score (nSPS) is 11.9. The first-order valence-corrected chi connectivity index (χ1v) is 3.06. The third-order valence-corrected chi connectivity index (χ3v) is 1.05. The molecule has 0 spiro atoms. The number of rotatable bonds is 2. The summed E-state index contributed by atoms with van der Waals surface area (Å²) in [6.45, 7) is 6.22. The van der Waals surface area contributed by atoms with Crippen LogP contribution in [0.2, 0.25) is 0 Å². The van der Waals surface area contributed by atoms with E-state index in [0.29, 0.717) is 5.92 Å². The number of nitrogens with zero attached hydrogens (tertiary/aromatic N) is 1. The predicted octanol–water partition coefficient (Wildman–Crippen LogP) is 2.35. The molecular formula is C7H16N2. The Morgan fingerprint density at radius 2 is 1.78 bits per heavy atom. The number of hydrogen-bond donors (Lipinski definition) is 1. The lowest BCUT2D eigenvalue weighted by Gasteiger charge is -2.03. The first-order valence-electron chi connectivity index (χ1n) is 3.06. The molecular weight excluding hydrogens is 112 g/mol. The molecule has 0 aliphatic heterocycles. The number of hydrogen-bond acceptors (Lipinski definition) is 2. The molecule has 1 unspecified atom stereocenters. The van der Waals surface area contributed by atoms with Crippen molar-refractivity contribution < 1.29 is 0 Å². The summed E-state index contributed by atoms with van der Waals surface area (Å²) in [6, 6.07) is 2.20. The Labute approximate surface area is 57.5 Å². The molecule has 0 aromatic rings. The van der Waals surface area contributed by atoms with Crippen molar-refractivity contribution in [3.8, 4) is 6.07 Å². The van der Waals surface area contributed by atoms with Crippen LogP contribution in [0, 0.1) is 23.2 Å². The summed E-state index contributed by atoms with van der Waals surface area (Å²) >= 11 is 0. The Kier molecular flexibility index (Phi) is 6.99. The third-order valence-electron chi connectivity index (χ3n) is 1.05. The molecule has 0 bridgehead atoms. The maximum absolute atomic E-state index is 8.33. The van der Waals surface area contributed by atoms with Gasteiger partial charge in [-0.25, -0.2) is 0 Å². The van der Waals surface area contributed by atoms with Gasteiger partial charge >= 0.3 is 0 Å². The Bertz CT molecular complexity index is 91.6. The van der Waals surface area contributed by atoms with Crippen molar-refractivity contribution in [3.05, 3.63) is 0 Å². The van der Waals surface area contributed by atoms with Crippen LogP contribution in [0.15, 0.2) is 0 Å². The Hall–Kier alpha value is -0.550. The lowest BCUT2D eigenvalue weighted by Crippen LogP contribution is -1.95. The fraction of sp³-hybridized carbons (Fsp3) is 0.857. The van der Waals surface area contributed by atoms with E-state index in [4.69, 9.17) is 5.26 Å². The monoisotopic (exact) mass is 128 g/mol. The maximum atomic E-state index is 8.33. The van der Waals surface area contributed by atoms with Gasteiger partial charge in [0.05, 0.1) is 6.07 Å². The van der Waals surface area contributed by atoms with Crippen molar-refractivity contribution in [3.63, 3.8) is 0 Å². The summed E-state index contributed by atoms with van der Waals surface area (Å²) in [5.74, 6) is 0.889. The number of nitriles is 1. The molecule has 0 aromatic carbocycles. The Morgan fingerprint density at radius 1 is 1.33 bits per heavy atom. The highest BCUT2D eigenvalue weighted by molar-refractivity contribution is 4.78. The zero-order valence-electron chi connectivity index (χ0n) is 6.52. The summed E-state index contributed by atoms with van der Waals surface area (Å²) in [5.41, 5.74) is 0. The van der Waals surface area contributed by atoms with E-state index in [1.54, 1.807) is 0 Å². The molecule has 0 fully saturated rings. The van der Waals surface area contributed by atoms with Gasteiger partial charge in [0, 0.05) is 5.92 Å². The second kappa shape index (κ2) is 5.58. The minimum absolute atomic E-state index is 0. The lowest BCUT2D eigenvalue weighted by atomic mass is 10.0. The lowest BCUT2D eigenvalue weighted by molar-refractivity contribution is 0.510. The maximum Gasteiger partial charge on any atom is 0.0652 e. The largest absolute Gasteiger partial charge is 0.344 e. The average Bonchev–Trinajstić information content (AvgIpc) is 1.65. The quantitative estimate of drug-likeness (QED) is 0.620. The van der Waals surface area contributed by atoms with Gasteiger partial charge in [0.25, 0.3) is 0 Å². The van der Waals surface area contributed by atoms with Crippen LogP contribution in [0.4, 0.5) is 0 Å². The van der Waals surface area contributed by atoms with E-state index < -0.39 is 0 Å². The highest BCUT2D eigenvalue weighted by atomic mass is 14.3. The molecule has 2 heteroatoms. The molecule has 9 heavy (non-hydrogen) atoms. The molecule has 0 radical (unpaired) electrons. The SMILES string of the molecule is CC(C)CC(C)C#N.N. The Balaban J connectivity index is 0. The summed E-state index contributed by atoms with van der Waals surface area (Å²) < 4.78 is 0. The van der Waals surface area contributed by atoms with E-state index in [9.17, 15) is 0 Å². The van der Waals surface area contributed by atoms with Crippen molar-refractivity contribution in [1.82, 2.24) is 6.15 Å². The van der Waals surface area contributed by atoms with Gasteiger partial charge in [-0.3, -0.25) is 0 Å². The zero-order valence-corrected chi connectivity index (χ0v) is 6.52. The minimum Gasteiger partial charge on any atom is -0.344 e. The second-order valence-electron chi connectivity index (χ2n) is 2.66. The summed E-state index contributed by atoms with van der Waals surface area (Å²) in [5, 5.41) is 8.33. The van der Waals surface area contributed by atoms with E-state index in [0.717, 1.165) is 6.42 Å². The topological polar surface area (TPSA) is 58.8 Å². The molecule has 0 amide bonds. The summed E-state index contributed by atoms with van der Waals surface area (Å²) in [4.78, 5) is 0. The molecule has 1 atom stereocenters. The molecule has 0 saturated heterocycles. The first-order chi connectivity index (χ1) is 3.66. The van der Waals surface area contributed by atoms with E-state index in [1.807, 2.05) is 6.92 Å². The van der Waals surface area contributed by atoms with Crippen LogP contribution in [-0.2, 0) is 0 Å². The van der Waals surface area contributed by atoms with E-state index in [1.165, 1.54) is 0 Å². The molecule has 54 valence electrons. The predicted molar refractivity (Wildman–Crippen MR) is 39.3 cm³/mol. The molecule has 0 aromatic heterocycles. The van der Waals surface area contributed by atoms with Crippen LogP contribution in [0.5, 0.6) is 0 Å². The molecule has 0 rings (SSSR count). The van der Waals surface area contributed by atoms with Crippen molar-refractivity contribution in [2.24, 2.45) is 11.8 Å². The third kappa shape index (κ3) is 7.45. The van der Waals surface area contributed by atoms with Crippen LogP contribution in [0.25, 0.3) is 0 Å². The van der Waals surface area contributed by atoms with Crippen LogP contribution in [-0.4, -0.2) is 0 Å².